The molecule has 1 aliphatic rings. The van der Waals surface area contributed by atoms with E-state index in [4.69, 9.17) is 15.6 Å². The van der Waals surface area contributed by atoms with Gasteiger partial charge in [-0.1, -0.05) is 24.3 Å². The fourth-order valence-electron chi connectivity index (χ4n) is 3.81. The molecule has 202 valence electrons. The molecule has 8 N–H and O–H groups in total. The number of phenolic OH excluding ortho intramolecular Hbond substituents is 1. The normalized spacial score (nSPS) is 18.9. The van der Waals surface area contributed by atoms with Crippen molar-refractivity contribution in [2.45, 2.75) is 30.3 Å². The Morgan fingerprint density at radius 2 is 1.66 bits per heavy atom. The quantitative estimate of drug-likeness (QED) is 0.0927. The van der Waals surface area contributed by atoms with Gasteiger partial charge in [0.15, 0.2) is 12.1 Å². The number of nitrogens with two attached hydrogens (primary N) is 1. The SMILES string of the molecule is N[C@@H](CCOc1ccc([C@H](O)C(=O)NC2(NC=O)CN([C@@H](C(=O)O)c3ccc(O)cc3)C2=O)cc1)C(=O)O. The zero-order valence-electron chi connectivity index (χ0n) is 19.8. The van der Waals surface area contributed by atoms with Gasteiger partial charge in [-0.05, 0) is 35.4 Å². The molecule has 14 nitrogen and oxygen atoms in total. The summed E-state index contributed by atoms with van der Waals surface area (Å²) in [5.41, 5.74) is 3.73. The second kappa shape index (κ2) is 11.6. The van der Waals surface area contributed by atoms with E-state index in [9.17, 15) is 39.3 Å². The lowest BCUT2D eigenvalue weighted by molar-refractivity contribution is -0.171. The zero-order chi connectivity index (χ0) is 28.0. The summed E-state index contributed by atoms with van der Waals surface area (Å²) >= 11 is 0. The third kappa shape index (κ3) is 5.99. The highest BCUT2D eigenvalue weighted by molar-refractivity contribution is 6.00. The molecule has 1 fully saturated rings. The van der Waals surface area contributed by atoms with Crippen LogP contribution in [0.15, 0.2) is 48.5 Å². The van der Waals surface area contributed by atoms with Gasteiger partial charge < -0.3 is 46.4 Å². The number of hydrogen-bond donors (Lipinski definition) is 7. The Hall–Kier alpha value is -4.69. The number of aliphatic hydroxyl groups is 1. The van der Waals surface area contributed by atoms with Crippen molar-refractivity contribution in [1.82, 2.24) is 15.5 Å². The first-order chi connectivity index (χ1) is 18.0. The number of aromatic hydroxyl groups is 1. The smallest absolute Gasteiger partial charge is 0.331 e. The number of carboxylic acid groups (broad SMARTS) is 2. The molecule has 0 radical (unpaired) electrons. The van der Waals surface area contributed by atoms with Gasteiger partial charge in [-0.15, -0.1) is 0 Å². The molecule has 0 spiro atoms. The van der Waals surface area contributed by atoms with Crippen LogP contribution in [0.4, 0.5) is 0 Å². The van der Waals surface area contributed by atoms with E-state index in [0.29, 0.717) is 5.75 Å². The van der Waals surface area contributed by atoms with Crippen LogP contribution in [0, 0.1) is 0 Å². The van der Waals surface area contributed by atoms with Crippen molar-refractivity contribution in [1.29, 1.82) is 0 Å². The van der Waals surface area contributed by atoms with E-state index >= 15 is 0 Å². The van der Waals surface area contributed by atoms with Gasteiger partial charge in [-0.3, -0.25) is 19.2 Å². The summed E-state index contributed by atoms with van der Waals surface area (Å²) in [4.78, 5) is 60.5. The van der Waals surface area contributed by atoms with Crippen molar-refractivity contribution in [3.63, 3.8) is 0 Å². The van der Waals surface area contributed by atoms with Gasteiger partial charge in [-0.25, -0.2) is 4.79 Å². The van der Waals surface area contributed by atoms with Crippen LogP contribution in [0.5, 0.6) is 11.5 Å². The Morgan fingerprint density at radius 1 is 1.05 bits per heavy atom. The molecule has 3 amide bonds. The van der Waals surface area contributed by atoms with Crippen molar-refractivity contribution >= 4 is 30.2 Å². The summed E-state index contributed by atoms with van der Waals surface area (Å²) in [5.74, 6) is -4.27. The molecule has 1 unspecified atom stereocenters. The topological polar surface area (TPSA) is 229 Å². The lowest BCUT2D eigenvalue weighted by atomic mass is 9.92. The number of aliphatic hydroxyl groups excluding tert-OH is 1. The summed E-state index contributed by atoms with van der Waals surface area (Å²) in [6.07, 6.45) is -1.53. The largest absolute Gasteiger partial charge is 0.508 e. The number of carbonyl (C=O) groups excluding carboxylic acids is 3. The molecular formula is C24H26N4O10. The first kappa shape index (κ1) is 27.9. The van der Waals surface area contributed by atoms with Crippen molar-refractivity contribution in [2.75, 3.05) is 13.2 Å². The van der Waals surface area contributed by atoms with E-state index in [1.54, 1.807) is 0 Å². The monoisotopic (exact) mass is 530 g/mol. The number of amides is 3. The molecule has 38 heavy (non-hydrogen) atoms. The highest BCUT2D eigenvalue weighted by atomic mass is 16.5. The van der Waals surface area contributed by atoms with Gasteiger partial charge in [0.1, 0.15) is 17.5 Å². The number of ether oxygens (including phenoxy) is 1. The first-order valence-corrected chi connectivity index (χ1v) is 11.2. The maximum absolute atomic E-state index is 13.0. The number of β-lactam (4-membered cyclic amide) rings is 1. The Bertz CT molecular complexity index is 1200. The number of carbonyl (C=O) groups is 5. The fourth-order valence-corrected chi connectivity index (χ4v) is 3.81. The lowest BCUT2D eigenvalue weighted by Gasteiger charge is -2.50. The number of benzene rings is 2. The molecular weight excluding hydrogens is 504 g/mol. The number of nitrogens with one attached hydrogen (secondary N) is 2. The van der Waals surface area contributed by atoms with Crippen molar-refractivity contribution in [2.24, 2.45) is 5.73 Å². The number of nitrogens with zero attached hydrogens (tertiary/aromatic N) is 1. The van der Waals surface area contributed by atoms with E-state index in [-0.39, 0.29) is 36.3 Å². The van der Waals surface area contributed by atoms with Crippen LogP contribution in [0.25, 0.3) is 0 Å². The average molecular weight is 530 g/mol. The van der Waals surface area contributed by atoms with E-state index < -0.39 is 54.1 Å². The van der Waals surface area contributed by atoms with Gasteiger partial charge in [0.05, 0.1) is 13.2 Å². The number of aliphatic carboxylic acids is 2. The second-order valence-electron chi connectivity index (χ2n) is 8.48. The maximum Gasteiger partial charge on any atom is 0.331 e. The molecule has 0 aromatic heterocycles. The Labute approximate surface area is 215 Å². The van der Waals surface area contributed by atoms with Crippen LogP contribution in [0.2, 0.25) is 0 Å². The Kier molecular flexibility index (Phi) is 8.50. The van der Waals surface area contributed by atoms with Crippen molar-refractivity contribution in [3.05, 3.63) is 59.7 Å². The molecule has 1 aliphatic heterocycles. The van der Waals surface area contributed by atoms with Crippen LogP contribution in [0.1, 0.15) is 29.7 Å². The minimum Gasteiger partial charge on any atom is -0.508 e. The molecule has 0 bridgehead atoms. The summed E-state index contributed by atoms with van der Waals surface area (Å²) in [5, 5.41) is 42.9. The lowest BCUT2D eigenvalue weighted by Crippen LogP contribution is -2.81. The molecule has 4 atom stereocenters. The predicted molar refractivity (Wildman–Crippen MR) is 127 cm³/mol. The van der Waals surface area contributed by atoms with Gasteiger partial charge in [-0.2, -0.15) is 0 Å². The number of rotatable bonds is 13. The van der Waals surface area contributed by atoms with Gasteiger partial charge in [0, 0.05) is 6.42 Å². The highest BCUT2D eigenvalue weighted by Crippen LogP contribution is 2.33. The first-order valence-electron chi connectivity index (χ1n) is 11.2. The number of likely N-dealkylation sites (tertiary alicyclic amines) is 1. The van der Waals surface area contributed by atoms with Gasteiger partial charge in [0.2, 0.25) is 12.1 Å². The third-order valence-corrected chi connectivity index (χ3v) is 5.89. The van der Waals surface area contributed by atoms with Crippen molar-refractivity contribution < 1.29 is 49.1 Å². The minimum absolute atomic E-state index is 0.0236. The van der Waals surface area contributed by atoms with E-state index in [1.807, 2.05) is 0 Å². The van der Waals surface area contributed by atoms with E-state index in [1.165, 1.54) is 48.5 Å². The number of hydrogen-bond acceptors (Lipinski definition) is 9. The molecule has 1 heterocycles. The summed E-state index contributed by atoms with van der Waals surface area (Å²) in [7, 11) is 0. The molecule has 14 heteroatoms. The van der Waals surface area contributed by atoms with Crippen LogP contribution in [-0.2, 0) is 24.0 Å². The molecule has 3 rings (SSSR count). The molecule has 2 aromatic rings. The predicted octanol–water partition coefficient (Wildman–Crippen LogP) is -1.17. The standard InChI is InChI=1S/C24H26N4O10/c25-17(21(33)34)9-10-38-16-7-3-14(4-8-16)19(31)20(32)27-24(26-12-29)11-28(23(24)37)18(22(35)36)13-1-5-15(30)6-2-13/h1-8,12,17-19,30-31H,9-11,25H2,(H,26,29)(H,27,32)(H,33,34)(H,35,36)/t17-,18+,19-,24?/m0/s1. The Balaban J connectivity index is 1.66. The summed E-state index contributed by atoms with van der Waals surface area (Å²) in [6.45, 7) is -0.387. The van der Waals surface area contributed by atoms with Crippen LogP contribution in [0.3, 0.4) is 0 Å². The van der Waals surface area contributed by atoms with Crippen LogP contribution in [-0.4, -0.2) is 80.3 Å². The Morgan fingerprint density at radius 3 is 2.18 bits per heavy atom. The minimum atomic E-state index is -1.98. The zero-order valence-corrected chi connectivity index (χ0v) is 19.8. The summed E-state index contributed by atoms with van der Waals surface area (Å²) < 4.78 is 5.39. The van der Waals surface area contributed by atoms with Crippen LogP contribution >= 0.6 is 0 Å². The van der Waals surface area contributed by atoms with Crippen molar-refractivity contribution in [3.8, 4) is 11.5 Å². The van der Waals surface area contributed by atoms with E-state index in [0.717, 1.165) is 4.90 Å². The number of phenols is 1. The maximum atomic E-state index is 13.0. The van der Waals surface area contributed by atoms with Gasteiger partial charge >= 0.3 is 11.9 Å². The van der Waals surface area contributed by atoms with Crippen LogP contribution < -0.4 is 21.1 Å². The molecule has 0 saturated carbocycles. The van der Waals surface area contributed by atoms with Gasteiger partial charge in [0.25, 0.3) is 11.8 Å². The highest BCUT2D eigenvalue weighted by Gasteiger charge is 2.57. The second-order valence-corrected chi connectivity index (χ2v) is 8.48. The molecule has 2 aromatic carbocycles. The summed E-state index contributed by atoms with van der Waals surface area (Å²) in [6, 6.07) is 8.24. The number of carboxylic acids is 2. The fraction of sp³-hybridized carbons (Fsp3) is 0.292. The molecule has 1 saturated heterocycles. The van der Waals surface area contributed by atoms with E-state index in [2.05, 4.69) is 10.6 Å². The third-order valence-electron chi connectivity index (χ3n) is 5.89. The molecule has 0 aliphatic carbocycles. The average Bonchev–Trinajstić information content (AvgIpc) is 2.88.